The molecule has 10 nitrogen and oxygen atoms in total. The second-order valence-electron chi connectivity index (χ2n) is 8.26. The number of esters is 1. The number of ether oxygens (including phenoxy) is 5. The number of rotatable bonds is 8. The van der Waals surface area contributed by atoms with E-state index in [1.807, 2.05) is 0 Å². The lowest BCUT2D eigenvalue weighted by molar-refractivity contribution is -0.138. The van der Waals surface area contributed by atoms with Crippen molar-refractivity contribution < 1.29 is 28.5 Å². The molecule has 1 aromatic heterocycles. The molecule has 0 radical (unpaired) electrons. The van der Waals surface area contributed by atoms with Crippen LogP contribution in [0.1, 0.15) is 24.0 Å². The lowest BCUT2D eigenvalue weighted by atomic mass is 9.83. The molecular weight excluding hydrogens is 522 g/mol. The number of fused-ring (bicyclic) bond motifs is 1. The fourth-order valence-corrected chi connectivity index (χ4v) is 5.55. The summed E-state index contributed by atoms with van der Waals surface area (Å²) in [6.45, 7) is 1.75. The van der Waals surface area contributed by atoms with Crippen LogP contribution in [-0.4, -0.2) is 45.6 Å². The quantitative estimate of drug-likeness (QED) is 0.418. The van der Waals surface area contributed by atoms with Gasteiger partial charge in [-0.25, -0.2) is 4.79 Å². The second kappa shape index (κ2) is 11.4. The fourth-order valence-electron chi connectivity index (χ4n) is 4.42. The van der Waals surface area contributed by atoms with Crippen LogP contribution in [0.4, 0.5) is 0 Å². The molecule has 1 aliphatic rings. The van der Waals surface area contributed by atoms with Gasteiger partial charge in [0.05, 0.1) is 62.7 Å². The summed E-state index contributed by atoms with van der Waals surface area (Å²) < 4.78 is 28.6. The zero-order chi connectivity index (χ0) is 28.3. The van der Waals surface area contributed by atoms with Crippen LogP contribution >= 0.6 is 11.3 Å². The van der Waals surface area contributed by atoms with Crippen molar-refractivity contribution in [2.45, 2.75) is 12.8 Å². The maximum Gasteiger partial charge on any atom is 0.338 e. The minimum absolute atomic E-state index is 0.00862. The van der Waals surface area contributed by atoms with Crippen LogP contribution in [0.25, 0.3) is 17.5 Å². The highest BCUT2D eigenvalue weighted by Crippen LogP contribution is 2.40. The molecule has 0 spiro atoms. The van der Waals surface area contributed by atoms with Gasteiger partial charge in [0.25, 0.3) is 5.56 Å². The monoisotopic (exact) mass is 549 g/mol. The highest BCUT2D eigenvalue weighted by molar-refractivity contribution is 7.07. The first-order valence-corrected chi connectivity index (χ1v) is 12.6. The van der Waals surface area contributed by atoms with Gasteiger partial charge in [-0.3, -0.25) is 9.36 Å². The van der Waals surface area contributed by atoms with Crippen LogP contribution in [0.3, 0.4) is 0 Å². The normalized spacial score (nSPS) is 14.9. The van der Waals surface area contributed by atoms with E-state index in [2.05, 4.69) is 6.07 Å². The number of nitriles is 1. The van der Waals surface area contributed by atoms with E-state index in [1.54, 1.807) is 49.4 Å². The molecule has 0 saturated carbocycles. The zero-order valence-electron chi connectivity index (χ0n) is 22.1. The van der Waals surface area contributed by atoms with E-state index >= 15 is 0 Å². The third-order valence-corrected chi connectivity index (χ3v) is 7.32. The Balaban J connectivity index is 2.03. The number of aromatic nitrogens is 1. The van der Waals surface area contributed by atoms with Crippen molar-refractivity contribution in [2.24, 2.45) is 5.73 Å². The SMILES string of the molecule is CCOC(=O)C1=C(N)n2c(s/c(=C\c3ccc(OC)c(OC)c3)c2=O)=C(C#N)[C@H]1c1ccc(OC)c(OC)c1. The first-order chi connectivity index (χ1) is 18.8. The van der Waals surface area contributed by atoms with E-state index in [0.29, 0.717) is 43.3 Å². The third kappa shape index (κ3) is 4.82. The van der Waals surface area contributed by atoms with Gasteiger partial charge in [0.15, 0.2) is 23.0 Å². The molecule has 1 atom stereocenters. The van der Waals surface area contributed by atoms with Gasteiger partial charge in [0.2, 0.25) is 0 Å². The second-order valence-corrected chi connectivity index (χ2v) is 9.29. The Morgan fingerprint density at radius 3 is 2.23 bits per heavy atom. The fraction of sp³-hybridized carbons (Fsp3) is 0.250. The number of thiazole rings is 1. The molecule has 2 aromatic carbocycles. The van der Waals surface area contributed by atoms with Gasteiger partial charge in [0, 0.05) is 0 Å². The maximum atomic E-state index is 13.6. The summed E-state index contributed by atoms with van der Waals surface area (Å²) in [5.41, 5.74) is 7.42. The van der Waals surface area contributed by atoms with Gasteiger partial charge >= 0.3 is 5.97 Å². The predicted molar refractivity (Wildman–Crippen MR) is 146 cm³/mol. The lowest BCUT2D eigenvalue weighted by Crippen LogP contribution is -2.40. The van der Waals surface area contributed by atoms with E-state index in [-0.39, 0.29) is 23.6 Å². The van der Waals surface area contributed by atoms with E-state index < -0.39 is 17.4 Å². The van der Waals surface area contributed by atoms with Crippen molar-refractivity contribution >= 4 is 34.8 Å². The molecule has 0 bridgehead atoms. The molecule has 0 aliphatic carbocycles. The minimum Gasteiger partial charge on any atom is -0.493 e. The largest absolute Gasteiger partial charge is 0.493 e. The summed E-state index contributed by atoms with van der Waals surface area (Å²) in [4.78, 5) is 26.8. The van der Waals surface area contributed by atoms with E-state index in [9.17, 15) is 14.9 Å². The number of nitrogens with zero attached hydrogens (tertiary/aromatic N) is 2. The van der Waals surface area contributed by atoms with E-state index in [0.717, 1.165) is 11.3 Å². The Bertz CT molecular complexity index is 1700. The topological polar surface area (TPSA) is 135 Å². The van der Waals surface area contributed by atoms with Gasteiger partial charge in [-0.1, -0.05) is 12.1 Å². The number of nitrogens with two attached hydrogens (primary N) is 1. The molecule has 202 valence electrons. The number of hydrogen-bond acceptors (Lipinski definition) is 10. The number of carbonyl (C=O) groups excluding carboxylic acids is 1. The van der Waals surface area contributed by atoms with Crippen LogP contribution in [0.15, 0.2) is 46.8 Å². The number of carbonyl (C=O) groups is 1. The van der Waals surface area contributed by atoms with Gasteiger partial charge < -0.3 is 29.4 Å². The zero-order valence-corrected chi connectivity index (χ0v) is 22.9. The summed E-state index contributed by atoms with van der Waals surface area (Å²) in [6.07, 6.45) is 1.66. The molecule has 0 saturated heterocycles. The Kier molecular flexibility index (Phi) is 7.97. The molecule has 1 aliphatic heterocycles. The van der Waals surface area contributed by atoms with Crippen LogP contribution in [0, 0.1) is 11.3 Å². The van der Waals surface area contributed by atoms with Gasteiger partial charge in [-0.2, -0.15) is 5.26 Å². The summed E-state index contributed by atoms with van der Waals surface area (Å²) >= 11 is 1.10. The summed E-state index contributed by atoms with van der Waals surface area (Å²) in [7, 11) is 6.05. The van der Waals surface area contributed by atoms with Gasteiger partial charge in [-0.05, 0) is 48.4 Å². The number of methoxy groups -OCH3 is 4. The number of benzene rings is 2. The molecular formula is C28H27N3O7S. The smallest absolute Gasteiger partial charge is 0.338 e. The lowest BCUT2D eigenvalue weighted by Gasteiger charge is -2.25. The van der Waals surface area contributed by atoms with Crippen LogP contribution < -0.4 is 39.4 Å². The first-order valence-electron chi connectivity index (χ1n) is 11.8. The Morgan fingerprint density at radius 2 is 1.64 bits per heavy atom. The van der Waals surface area contributed by atoms with Crippen molar-refractivity contribution in [2.75, 3.05) is 35.0 Å². The highest BCUT2D eigenvalue weighted by Gasteiger charge is 2.37. The Morgan fingerprint density at radius 1 is 1.03 bits per heavy atom. The van der Waals surface area contributed by atoms with Crippen molar-refractivity contribution in [3.05, 3.63) is 72.6 Å². The molecule has 0 fully saturated rings. The molecule has 2 N–H and O–H groups in total. The van der Waals surface area contributed by atoms with Gasteiger partial charge in [-0.15, -0.1) is 11.3 Å². The van der Waals surface area contributed by atoms with E-state index in [1.165, 1.54) is 33.0 Å². The average Bonchev–Trinajstić information content (AvgIpc) is 3.27. The Hall–Kier alpha value is -4.69. The summed E-state index contributed by atoms with van der Waals surface area (Å²) in [5, 5.41) is 10.3. The van der Waals surface area contributed by atoms with Crippen molar-refractivity contribution in [1.82, 2.24) is 4.57 Å². The van der Waals surface area contributed by atoms with Crippen molar-refractivity contribution in [3.8, 4) is 29.1 Å². The maximum absolute atomic E-state index is 13.6. The summed E-state index contributed by atoms with van der Waals surface area (Å²) in [5.74, 6) is 0.194. The van der Waals surface area contributed by atoms with Crippen molar-refractivity contribution in [1.29, 1.82) is 5.26 Å². The Labute approximate surface area is 228 Å². The number of hydrogen-bond donors (Lipinski definition) is 1. The molecule has 2 heterocycles. The van der Waals surface area contributed by atoms with Crippen LogP contribution in [0.5, 0.6) is 23.0 Å². The van der Waals surface area contributed by atoms with Crippen LogP contribution in [0.2, 0.25) is 0 Å². The minimum atomic E-state index is -0.902. The molecule has 0 unspecified atom stereocenters. The van der Waals surface area contributed by atoms with Crippen molar-refractivity contribution in [3.63, 3.8) is 0 Å². The molecule has 0 amide bonds. The molecule has 39 heavy (non-hydrogen) atoms. The van der Waals surface area contributed by atoms with Crippen LogP contribution in [-0.2, 0) is 9.53 Å². The highest BCUT2D eigenvalue weighted by atomic mass is 32.1. The molecule has 3 aromatic rings. The predicted octanol–water partition coefficient (Wildman–Crippen LogP) is 1.94. The first kappa shape index (κ1) is 27.3. The average molecular weight is 550 g/mol. The standard InChI is InChI=1S/C28H27N3O7S/c1-6-38-28(33)24-23(16-8-10-19(35-3)21(13-16)37-5)17(14-29)27-31(25(24)30)26(32)22(39-27)12-15-7-9-18(34-2)20(11-15)36-4/h7-13,23H,6,30H2,1-5H3/b22-12-/t23-/m1/s1. The third-order valence-electron chi connectivity index (χ3n) is 6.21. The molecule has 4 rings (SSSR count). The van der Waals surface area contributed by atoms with Gasteiger partial charge in [0.1, 0.15) is 10.5 Å². The molecule has 11 heteroatoms. The summed E-state index contributed by atoms with van der Waals surface area (Å²) in [6, 6.07) is 12.5. The van der Waals surface area contributed by atoms with E-state index in [4.69, 9.17) is 29.4 Å².